The molecule has 2 rings (SSSR count). The van der Waals surface area contributed by atoms with E-state index in [9.17, 15) is 13.2 Å². The minimum Gasteiger partial charge on any atom is -0.313 e. The Labute approximate surface area is 111 Å². The number of hydrogen-bond acceptors (Lipinski definition) is 4. The quantitative estimate of drug-likeness (QED) is 0.837. The molecule has 1 aromatic rings. The lowest BCUT2D eigenvalue weighted by molar-refractivity contribution is 0.0993. The maximum Gasteiger partial charge on any atom is 0.182 e. The van der Waals surface area contributed by atoms with E-state index in [2.05, 4.69) is 5.32 Å². The lowest BCUT2D eigenvalue weighted by Gasteiger charge is -2.07. The monoisotopic (exact) mass is 287 g/mol. The second-order valence-corrected chi connectivity index (χ2v) is 6.95. The van der Waals surface area contributed by atoms with Gasteiger partial charge < -0.3 is 5.32 Å². The van der Waals surface area contributed by atoms with Gasteiger partial charge in [0.1, 0.15) is 0 Å². The Bertz CT molecular complexity index is 579. The molecule has 0 amide bonds. The number of hydrogen-bond donors (Lipinski definition) is 1. The molecule has 0 bridgehead atoms. The molecule has 1 aliphatic rings. The van der Waals surface area contributed by atoms with Gasteiger partial charge in [-0.1, -0.05) is 11.6 Å². The van der Waals surface area contributed by atoms with E-state index in [-0.39, 0.29) is 27.5 Å². The van der Waals surface area contributed by atoms with Crippen LogP contribution in [0, 0.1) is 0 Å². The maximum absolute atomic E-state index is 12.0. The van der Waals surface area contributed by atoms with Crippen LogP contribution in [0.3, 0.4) is 0 Å². The molecule has 1 N–H and O–H groups in total. The molecule has 4 nitrogen and oxygen atoms in total. The Balaban J connectivity index is 2.33. The highest BCUT2D eigenvalue weighted by atomic mass is 35.5. The van der Waals surface area contributed by atoms with E-state index < -0.39 is 9.84 Å². The van der Waals surface area contributed by atoms with Gasteiger partial charge in [0.2, 0.25) is 0 Å². The highest BCUT2D eigenvalue weighted by Gasteiger charge is 2.38. The first kappa shape index (κ1) is 13.5. The third kappa shape index (κ3) is 2.58. The second-order valence-electron chi connectivity index (χ2n) is 4.34. The molecule has 98 valence electrons. The zero-order valence-electron chi connectivity index (χ0n) is 9.94. The molecule has 1 fully saturated rings. The van der Waals surface area contributed by atoms with Crippen molar-refractivity contribution in [3.63, 3.8) is 0 Å². The van der Waals surface area contributed by atoms with Gasteiger partial charge in [-0.25, -0.2) is 8.42 Å². The molecule has 0 aliphatic heterocycles. The normalized spacial score (nSPS) is 15.7. The van der Waals surface area contributed by atoms with Crippen molar-refractivity contribution in [2.75, 3.05) is 13.6 Å². The van der Waals surface area contributed by atoms with Crippen LogP contribution < -0.4 is 5.32 Å². The van der Waals surface area contributed by atoms with Crippen molar-refractivity contribution in [2.45, 2.75) is 23.0 Å². The van der Waals surface area contributed by atoms with Crippen LogP contribution in [0.4, 0.5) is 0 Å². The summed E-state index contributed by atoms with van der Waals surface area (Å²) in [7, 11) is -1.64. The molecule has 0 spiro atoms. The van der Waals surface area contributed by atoms with Crippen LogP contribution in [-0.4, -0.2) is 33.0 Å². The van der Waals surface area contributed by atoms with Crippen LogP contribution in [0.15, 0.2) is 23.1 Å². The number of carbonyl (C=O) groups is 1. The van der Waals surface area contributed by atoms with Gasteiger partial charge in [-0.2, -0.15) is 0 Å². The molecule has 18 heavy (non-hydrogen) atoms. The van der Waals surface area contributed by atoms with Gasteiger partial charge in [-0.15, -0.1) is 0 Å². The summed E-state index contributed by atoms with van der Waals surface area (Å²) in [6.45, 7) is 0.199. The van der Waals surface area contributed by atoms with Crippen LogP contribution in [-0.2, 0) is 9.84 Å². The molecule has 1 aliphatic carbocycles. The molecule has 6 heteroatoms. The van der Waals surface area contributed by atoms with Crippen LogP contribution in [0.1, 0.15) is 23.2 Å². The van der Waals surface area contributed by atoms with Crippen molar-refractivity contribution in [3.8, 4) is 0 Å². The number of nitrogens with one attached hydrogen (secondary N) is 1. The number of rotatable bonds is 5. The number of likely N-dealkylation sites (N-methyl/N-ethyl adjacent to an activating group) is 1. The first-order valence-electron chi connectivity index (χ1n) is 5.68. The minimum atomic E-state index is -3.31. The van der Waals surface area contributed by atoms with E-state index in [4.69, 9.17) is 11.6 Å². The summed E-state index contributed by atoms with van der Waals surface area (Å²) in [6.07, 6.45) is 1.39. The molecule has 0 heterocycles. The fraction of sp³-hybridized carbons (Fsp3) is 0.417. The zero-order chi connectivity index (χ0) is 13.3. The minimum absolute atomic E-state index is 0.116. The summed E-state index contributed by atoms with van der Waals surface area (Å²) >= 11 is 5.98. The Morgan fingerprint density at radius 1 is 1.44 bits per heavy atom. The molecule has 0 unspecified atom stereocenters. The van der Waals surface area contributed by atoms with Crippen molar-refractivity contribution >= 4 is 27.2 Å². The van der Waals surface area contributed by atoms with Crippen molar-refractivity contribution in [3.05, 3.63) is 28.8 Å². The highest BCUT2D eigenvalue weighted by Crippen LogP contribution is 2.36. The highest BCUT2D eigenvalue weighted by molar-refractivity contribution is 7.92. The average Bonchev–Trinajstić information content (AvgIpc) is 3.12. The van der Waals surface area contributed by atoms with E-state index in [1.807, 2.05) is 0 Å². The standard InChI is InChI=1S/C12H14ClNO3S/c1-14-7-11(15)8-2-5-12(10(13)6-8)18(16,17)9-3-4-9/h2,5-6,9,14H,3-4,7H2,1H3. The van der Waals surface area contributed by atoms with Crippen LogP contribution >= 0.6 is 11.6 Å². The van der Waals surface area contributed by atoms with Crippen LogP contribution in [0.2, 0.25) is 5.02 Å². The van der Waals surface area contributed by atoms with E-state index >= 15 is 0 Å². The number of ketones is 1. The number of carbonyl (C=O) groups excluding carboxylic acids is 1. The van der Waals surface area contributed by atoms with Gasteiger partial charge in [0.25, 0.3) is 0 Å². The molecule has 1 saturated carbocycles. The lowest BCUT2D eigenvalue weighted by atomic mass is 10.1. The summed E-state index contributed by atoms with van der Waals surface area (Å²) in [5.74, 6) is -0.116. The Morgan fingerprint density at radius 2 is 2.11 bits per heavy atom. The average molecular weight is 288 g/mol. The van der Waals surface area contributed by atoms with Gasteiger partial charge in [0, 0.05) is 5.56 Å². The molecule has 0 atom stereocenters. The first-order chi connectivity index (χ1) is 8.46. The third-order valence-corrected chi connectivity index (χ3v) is 5.60. The molecule has 0 radical (unpaired) electrons. The Kier molecular flexibility index (Phi) is 3.75. The molecule has 1 aromatic carbocycles. The summed E-state index contributed by atoms with van der Waals surface area (Å²) in [6, 6.07) is 4.37. The Morgan fingerprint density at radius 3 is 2.61 bits per heavy atom. The SMILES string of the molecule is CNCC(=O)c1ccc(S(=O)(=O)C2CC2)c(Cl)c1. The first-order valence-corrected chi connectivity index (χ1v) is 7.60. The number of halogens is 1. The number of Topliss-reactive ketones (excluding diaryl/α,β-unsaturated/α-hetero) is 1. The van der Waals surface area contributed by atoms with Gasteiger partial charge >= 0.3 is 0 Å². The largest absolute Gasteiger partial charge is 0.313 e. The Hall–Kier alpha value is -0.910. The smallest absolute Gasteiger partial charge is 0.182 e. The van der Waals surface area contributed by atoms with E-state index in [0.717, 1.165) is 0 Å². The van der Waals surface area contributed by atoms with Gasteiger partial charge in [0.15, 0.2) is 15.6 Å². The summed E-state index contributed by atoms with van der Waals surface area (Å²) in [5, 5.41) is 2.58. The maximum atomic E-state index is 12.0. The van der Waals surface area contributed by atoms with E-state index in [1.165, 1.54) is 18.2 Å². The van der Waals surface area contributed by atoms with Gasteiger partial charge in [0.05, 0.1) is 21.7 Å². The number of sulfone groups is 1. The predicted molar refractivity (Wildman–Crippen MR) is 69.9 cm³/mol. The van der Waals surface area contributed by atoms with E-state index in [0.29, 0.717) is 18.4 Å². The number of benzene rings is 1. The van der Waals surface area contributed by atoms with Crippen molar-refractivity contribution in [1.29, 1.82) is 0 Å². The molecular weight excluding hydrogens is 274 g/mol. The van der Waals surface area contributed by atoms with Crippen LogP contribution in [0.5, 0.6) is 0 Å². The molecule has 0 saturated heterocycles. The summed E-state index contributed by atoms with van der Waals surface area (Å²) < 4.78 is 24.1. The van der Waals surface area contributed by atoms with Crippen molar-refractivity contribution in [1.82, 2.24) is 5.32 Å². The van der Waals surface area contributed by atoms with Gasteiger partial charge in [-0.3, -0.25) is 4.79 Å². The fourth-order valence-electron chi connectivity index (χ4n) is 1.73. The topological polar surface area (TPSA) is 63.2 Å². The predicted octanol–water partition coefficient (Wildman–Crippen LogP) is 1.68. The fourth-order valence-corrected chi connectivity index (χ4v) is 3.93. The van der Waals surface area contributed by atoms with Crippen LogP contribution in [0.25, 0.3) is 0 Å². The summed E-state index contributed by atoms with van der Waals surface area (Å²) in [5.41, 5.74) is 0.420. The summed E-state index contributed by atoms with van der Waals surface area (Å²) in [4.78, 5) is 11.8. The lowest BCUT2D eigenvalue weighted by Crippen LogP contribution is -2.18. The second kappa shape index (κ2) is 4.99. The third-order valence-electron chi connectivity index (χ3n) is 2.86. The van der Waals surface area contributed by atoms with Crippen molar-refractivity contribution < 1.29 is 13.2 Å². The van der Waals surface area contributed by atoms with E-state index in [1.54, 1.807) is 7.05 Å². The van der Waals surface area contributed by atoms with Crippen molar-refractivity contribution in [2.24, 2.45) is 0 Å². The zero-order valence-corrected chi connectivity index (χ0v) is 11.5. The molecule has 0 aromatic heterocycles. The molecular formula is C12H14ClNO3S. The van der Waals surface area contributed by atoms with Gasteiger partial charge in [-0.05, 0) is 38.1 Å².